The second kappa shape index (κ2) is 15.2. The van der Waals surface area contributed by atoms with E-state index in [4.69, 9.17) is 4.74 Å². The number of carbonyl (C=O) groups is 1. The van der Waals surface area contributed by atoms with Gasteiger partial charge in [0.15, 0.2) is 11.6 Å². The van der Waals surface area contributed by atoms with Gasteiger partial charge in [0.1, 0.15) is 0 Å². The van der Waals surface area contributed by atoms with Crippen molar-refractivity contribution in [3.8, 4) is 5.75 Å². The van der Waals surface area contributed by atoms with Gasteiger partial charge in [0.05, 0.1) is 5.92 Å². The summed E-state index contributed by atoms with van der Waals surface area (Å²) in [6, 6.07) is 5.02. The van der Waals surface area contributed by atoms with Gasteiger partial charge in [-0.2, -0.15) is 0 Å². The van der Waals surface area contributed by atoms with E-state index in [-0.39, 0.29) is 17.6 Å². The normalized spacial score (nSPS) is 29.8. The second-order valence-corrected chi connectivity index (χ2v) is 12.9. The summed E-state index contributed by atoms with van der Waals surface area (Å²) in [5, 5.41) is 0. The fourth-order valence-corrected chi connectivity index (χ4v) is 7.97. The Morgan fingerprint density at radius 3 is 2.32 bits per heavy atom. The van der Waals surface area contributed by atoms with Crippen LogP contribution in [0.3, 0.4) is 0 Å². The van der Waals surface area contributed by atoms with Crippen LogP contribution in [0, 0.1) is 41.3 Å². The quantitative estimate of drug-likeness (QED) is 0.118. The van der Waals surface area contributed by atoms with E-state index in [1.54, 1.807) is 6.07 Å². The lowest BCUT2D eigenvalue weighted by Gasteiger charge is -2.45. The first-order valence-electron chi connectivity index (χ1n) is 16.2. The average Bonchev–Trinajstić information content (AvgIpc) is 2.94. The van der Waals surface area contributed by atoms with Crippen LogP contribution < -0.4 is 4.74 Å². The average molecular weight is 525 g/mol. The van der Waals surface area contributed by atoms with Crippen molar-refractivity contribution in [2.75, 3.05) is 0 Å². The number of carbonyl (C=O) groups excluding carboxylic acids is 1. The van der Waals surface area contributed by atoms with Gasteiger partial charge < -0.3 is 4.74 Å². The number of unbranched alkanes of at least 4 members (excludes halogenated alkanes) is 4. The van der Waals surface area contributed by atoms with Gasteiger partial charge in [0.2, 0.25) is 0 Å². The Bertz CT molecular complexity index is 884. The molecule has 0 spiro atoms. The summed E-state index contributed by atoms with van der Waals surface area (Å²) in [4.78, 5) is 12.8. The van der Waals surface area contributed by atoms with Gasteiger partial charge in [0, 0.05) is 0 Å². The first kappa shape index (κ1) is 29.3. The van der Waals surface area contributed by atoms with E-state index in [1.165, 1.54) is 83.1 Å². The molecule has 0 radical (unpaired) electrons. The molecule has 3 aliphatic rings. The van der Waals surface area contributed by atoms with Crippen molar-refractivity contribution in [3.05, 3.63) is 41.7 Å². The number of rotatable bonds is 12. The molecule has 1 aromatic rings. The highest BCUT2D eigenvalue weighted by Crippen LogP contribution is 2.49. The number of halogens is 1. The molecule has 3 aliphatic carbocycles. The highest BCUT2D eigenvalue weighted by Gasteiger charge is 2.39. The van der Waals surface area contributed by atoms with Gasteiger partial charge in [0.25, 0.3) is 0 Å². The van der Waals surface area contributed by atoms with Crippen molar-refractivity contribution in [2.45, 2.75) is 129 Å². The minimum atomic E-state index is -0.423. The highest BCUT2D eigenvalue weighted by atomic mass is 19.1. The lowest BCUT2D eigenvalue weighted by Crippen LogP contribution is -2.35. The fourth-order valence-electron chi connectivity index (χ4n) is 7.97. The summed E-state index contributed by atoms with van der Waals surface area (Å²) in [6.45, 7) is 4.29. The Labute approximate surface area is 232 Å². The van der Waals surface area contributed by atoms with Gasteiger partial charge >= 0.3 is 5.97 Å². The molecule has 4 unspecified atom stereocenters. The van der Waals surface area contributed by atoms with Crippen molar-refractivity contribution < 1.29 is 13.9 Å². The number of allylic oxidation sites excluding steroid dienone is 2. The molecule has 0 aromatic heterocycles. The lowest BCUT2D eigenvalue weighted by atomic mass is 9.60. The predicted octanol–water partition coefficient (Wildman–Crippen LogP) is 10.2. The fraction of sp³-hybridized carbons (Fsp3) is 0.743. The molecule has 0 N–H and O–H groups in total. The molecule has 4 atom stereocenters. The van der Waals surface area contributed by atoms with Crippen LogP contribution in [0.5, 0.6) is 5.75 Å². The maximum absolute atomic E-state index is 14.6. The van der Waals surface area contributed by atoms with Gasteiger partial charge in [-0.1, -0.05) is 70.1 Å². The van der Waals surface area contributed by atoms with Crippen molar-refractivity contribution in [2.24, 2.45) is 35.5 Å². The predicted molar refractivity (Wildman–Crippen MR) is 156 cm³/mol. The summed E-state index contributed by atoms with van der Waals surface area (Å²) in [7, 11) is 0. The molecular weight excluding hydrogens is 471 g/mol. The zero-order valence-corrected chi connectivity index (χ0v) is 24.3. The maximum Gasteiger partial charge on any atom is 0.314 e. The van der Waals surface area contributed by atoms with E-state index in [2.05, 4.69) is 13.0 Å². The molecule has 2 nitrogen and oxygen atoms in total. The number of hydrogen-bond acceptors (Lipinski definition) is 2. The van der Waals surface area contributed by atoms with E-state index in [9.17, 15) is 9.18 Å². The minimum absolute atomic E-state index is 0.0795. The molecule has 3 heteroatoms. The Morgan fingerprint density at radius 1 is 0.895 bits per heavy atom. The van der Waals surface area contributed by atoms with E-state index >= 15 is 0 Å². The van der Waals surface area contributed by atoms with E-state index < -0.39 is 5.82 Å². The number of benzene rings is 1. The Balaban J connectivity index is 1.17. The third-order valence-corrected chi connectivity index (χ3v) is 10.3. The van der Waals surface area contributed by atoms with E-state index in [0.29, 0.717) is 0 Å². The SMILES string of the molecule is C/C=C/CCc1ccc(OC(=O)C2CCC(C3CCC4CC(CCCCCCC)CCC4C3)CC2)c(F)c1. The molecule has 4 rings (SSSR count). The molecular formula is C35H53FO2. The molecule has 0 saturated heterocycles. The summed E-state index contributed by atoms with van der Waals surface area (Å²) >= 11 is 0. The Hall–Kier alpha value is -1.64. The third-order valence-electron chi connectivity index (χ3n) is 10.3. The zero-order chi connectivity index (χ0) is 26.7. The van der Waals surface area contributed by atoms with Crippen molar-refractivity contribution in [1.82, 2.24) is 0 Å². The topological polar surface area (TPSA) is 26.3 Å². The molecule has 212 valence electrons. The van der Waals surface area contributed by atoms with Crippen LogP contribution in [0.2, 0.25) is 0 Å². The largest absolute Gasteiger partial charge is 0.423 e. The molecule has 1 aromatic carbocycles. The third kappa shape index (κ3) is 8.43. The van der Waals surface area contributed by atoms with Gasteiger partial charge in [-0.15, -0.1) is 0 Å². The number of esters is 1. The van der Waals surface area contributed by atoms with Crippen molar-refractivity contribution in [1.29, 1.82) is 0 Å². The van der Waals surface area contributed by atoms with Gasteiger partial charge in [-0.05, 0) is 125 Å². The summed E-state index contributed by atoms with van der Waals surface area (Å²) < 4.78 is 20.1. The number of aryl methyl sites for hydroxylation is 1. The monoisotopic (exact) mass is 524 g/mol. The molecule has 0 aliphatic heterocycles. The summed E-state index contributed by atoms with van der Waals surface area (Å²) in [6.07, 6.45) is 27.1. The standard InChI is InChI=1S/C35H53FO2/c1-3-5-7-8-10-12-26-13-15-32-25-31(21-20-30(32)23-26)28-16-18-29(19-17-28)35(37)38-34-22-14-27(24-33(34)36)11-9-6-4-2/h4,6,14,22,24,26,28-32H,3,5,7-13,15-21,23,25H2,1-2H3/b6-4+. The molecule has 3 fully saturated rings. The number of ether oxygens (including phenoxy) is 1. The summed E-state index contributed by atoms with van der Waals surface area (Å²) in [5.74, 6) is 3.90. The van der Waals surface area contributed by atoms with Crippen LogP contribution >= 0.6 is 0 Å². The molecule has 0 bridgehead atoms. The zero-order valence-electron chi connectivity index (χ0n) is 24.3. The van der Waals surface area contributed by atoms with Gasteiger partial charge in [-0.3, -0.25) is 4.79 Å². The molecule has 38 heavy (non-hydrogen) atoms. The summed E-state index contributed by atoms with van der Waals surface area (Å²) in [5.41, 5.74) is 0.937. The van der Waals surface area contributed by atoms with Crippen LogP contribution in [-0.2, 0) is 11.2 Å². The number of fused-ring (bicyclic) bond motifs is 1. The lowest BCUT2D eigenvalue weighted by molar-refractivity contribution is -0.140. The first-order valence-corrected chi connectivity index (χ1v) is 16.2. The van der Waals surface area contributed by atoms with Gasteiger partial charge in [-0.25, -0.2) is 4.39 Å². The molecule has 0 heterocycles. The van der Waals surface area contributed by atoms with Crippen LogP contribution in [0.15, 0.2) is 30.4 Å². The minimum Gasteiger partial charge on any atom is -0.423 e. The van der Waals surface area contributed by atoms with Crippen LogP contribution in [0.1, 0.15) is 129 Å². The van der Waals surface area contributed by atoms with Crippen LogP contribution in [0.4, 0.5) is 4.39 Å². The first-order chi connectivity index (χ1) is 18.6. The van der Waals surface area contributed by atoms with Crippen molar-refractivity contribution >= 4 is 5.97 Å². The number of hydrogen-bond donors (Lipinski definition) is 0. The molecule has 3 saturated carbocycles. The van der Waals surface area contributed by atoms with Crippen molar-refractivity contribution in [3.63, 3.8) is 0 Å². The van der Waals surface area contributed by atoms with Crippen LogP contribution in [0.25, 0.3) is 0 Å². The smallest absolute Gasteiger partial charge is 0.314 e. The molecule has 0 amide bonds. The van der Waals surface area contributed by atoms with E-state index in [1.807, 2.05) is 19.1 Å². The Morgan fingerprint density at radius 2 is 1.58 bits per heavy atom. The highest BCUT2D eigenvalue weighted by molar-refractivity contribution is 5.75. The Kier molecular flexibility index (Phi) is 11.8. The van der Waals surface area contributed by atoms with Crippen LogP contribution in [-0.4, -0.2) is 5.97 Å². The van der Waals surface area contributed by atoms with E-state index in [0.717, 1.165) is 73.7 Å². The maximum atomic E-state index is 14.6. The second-order valence-electron chi connectivity index (χ2n) is 12.9.